The summed E-state index contributed by atoms with van der Waals surface area (Å²) in [6, 6.07) is 3.92. The number of halogens is 4. The number of carbonyl (C=O) groups excluding carboxylic acids is 1. The minimum Gasteiger partial charge on any atom is -0.404 e. The van der Waals surface area contributed by atoms with Crippen LogP contribution in [-0.4, -0.2) is 17.8 Å². The molecule has 0 spiro atoms. The SMILES string of the molecule is CCCC(C)(N)C(=O)Nc1ccc(Br)cc1OC(F)(F)F. The molecule has 0 bridgehead atoms. The van der Waals surface area contributed by atoms with Crippen molar-refractivity contribution >= 4 is 27.5 Å². The average molecular weight is 369 g/mol. The Morgan fingerprint density at radius 2 is 2.05 bits per heavy atom. The maximum absolute atomic E-state index is 12.4. The number of amides is 1. The zero-order valence-electron chi connectivity index (χ0n) is 11.6. The summed E-state index contributed by atoms with van der Waals surface area (Å²) >= 11 is 3.05. The van der Waals surface area contributed by atoms with Gasteiger partial charge in [0.1, 0.15) is 0 Å². The van der Waals surface area contributed by atoms with Gasteiger partial charge in [0.15, 0.2) is 5.75 Å². The first kappa shape index (κ1) is 17.8. The number of hydrogen-bond acceptors (Lipinski definition) is 3. The fourth-order valence-corrected chi connectivity index (χ4v) is 2.05. The second-order valence-electron chi connectivity index (χ2n) is 4.81. The number of nitrogens with two attached hydrogens (primary N) is 1. The van der Waals surface area contributed by atoms with Crippen LogP contribution >= 0.6 is 15.9 Å². The number of anilines is 1. The lowest BCUT2D eigenvalue weighted by Gasteiger charge is -2.23. The highest BCUT2D eigenvalue weighted by Gasteiger charge is 2.33. The Balaban J connectivity index is 3.00. The summed E-state index contributed by atoms with van der Waals surface area (Å²) in [5.41, 5.74) is 4.58. The van der Waals surface area contributed by atoms with E-state index in [-0.39, 0.29) is 5.69 Å². The molecule has 3 N–H and O–H groups in total. The molecule has 0 aromatic heterocycles. The summed E-state index contributed by atoms with van der Waals surface area (Å²) in [6.45, 7) is 3.38. The Kier molecular flexibility index (Phi) is 5.63. The van der Waals surface area contributed by atoms with Crippen molar-refractivity contribution in [1.29, 1.82) is 0 Å². The zero-order valence-corrected chi connectivity index (χ0v) is 13.1. The lowest BCUT2D eigenvalue weighted by molar-refractivity contribution is -0.274. The van der Waals surface area contributed by atoms with Gasteiger partial charge in [-0.25, -0.2) is 0 Å². The molecular formula is C13H16BrF3N2O2. The van der Waals surface area contributed by atoms with Crippen LogP contribution in [-0.2, 0) is 4.79 Å². The lowest BCUT2D eigenvalue weighted by Crippen LogP contribution is -2.48. The predicted molar refractivity (Wildman–Crippen MR) is 77.0 cm³/mol. The summed E-state index contributed by atoms with van der Waals surface area (Å²) in [4.78, 5) is 12.0. The summed E-state index contributed by atoms with van der Waals surface area (Å²) < 4.78 is 41.4. The van der Waals surface area contributed by atoms with Gasteiger partial charge in [-0.05, 0) is 31.5 Å². The minimum atomic E-state index is -4.85. The molecule has 0 saturated heterocycles. The van der Waals surface area contributed by atoms with E-state index in [1.54, 1.807) is 0 Å². The van der Waals surface area contributed by atoms with E-state index >= 15 is 0 Å². The van der Waals surface area contributed by atoms with Gasteiger partial charge < -0.3 is 15.8 Å². The molecule has 1 unspecified atom stereocenters. The first-order valence-electron chi connectivity index (χ1n) is 6.21. The van der Waals surface area contributed by atoms with Gasteiger partial charge in [0, 0.05) is 4.47 Å². The van der Waals surface area contributed by atoms with E-state index in [0.29, 0.717) is 17.3 Å². The molecule has 1 aromatic carbocycles. The highest BCUT2D eigenvalue weighted by molar-refractivity contribution is 9.10. The van der Waals surface area contributed by atoms with Crippen LogP contribution in [0.3, 0.4) is 0 Å². The molecule has 0 aliphatic heterocycles. The van der Waals surface area contributed by atoms with Crippen molar-refractivity contribution < 1.29 is 22.7 Å². The van der Waals surface area contributed by atoms with Crippen molar-refractivity contribution in [2.24, 2.45) is 5.73 Å². The van der Waals surface area contributed by atoms with Crippen molar-refractivity contribution in [3.05, 3.63) is 22.7 Å². The fourth-order valence-electron chi connectivity index (χ4n) is 1.71. The molecular weight excluding hydrogens is 353 g/mol. The number of carbonyl (C=O) groups is 1. The van der Waals surface area contributed by atoms with E-state index in [4.69, 9.17) is 5.73 Å². The normalized spacial score (nSPS) is 14.4. The number of benzene rings is 1. The molecule has 0 aliphatic carbocycles. The highest BCUT2D eigenvalue weighted by Crippen LogP contribution is 2.33. The zero-order chi connectivity index (χ0) is 16.3. The van der Waals surface area contributed by atoms with Gasteiger partial charge in [0.05, 0.1) is 11.2 Å². The number of alkyl halides is 3. The van der Waals surface area contributed by atoms with E-state index in [1.165, 1.54) is 19.1 Å². The van der Waals surface area contributed by atoms with Gasteiger partial charge >= 0.3 is 6.36 Å². The van der Waals surface area contributed by atoms with Crippen molar-refractivity contribution in [3.8, 4) is 5.75 Å². The Labute approximate surface area is 129 Å². The van der Waals surface area contributed by atoms with E-state index in [9.17, 15) is 18.0 Å². The third-order valence-electron chi connectivity index (χ3n) is 2.71. The van der Waals surface area contributed by atoms with Gasteiger partial charge in [0.2, 0.25) is 5.91 Å². The van der Waals surface area contributed by atoms with E-state index in [0.717, 1.165) is 6.07 Å². The van der Waals surface area contributed by atoms with Gasteiger partial charge in [0.25, 0.3) is 0 Å². The number of hydrogen-bond donors (Lipinski definition) is 2. The van der Waals surface area contributed by atoms with Crippen molar-refractivity contribution in [2.45, 2.75) is 38.6 Å². The molecule has 1 rings (SSSR count). The maximum Gasteiger partial charge on any atom is 0.573 e. The number of ether oxygens (including phenoxy) is 1. The van der Waals surface area contributed by atoms with Crippen LogP contribution in [0.15, 0.2) is 22.7 Å². The minimum absolute atomic E-state index is 0.0895. The Morgan fingerprint density at radius 3 is 2.57 bits per heavy atom. The molecule has 0 heterocycles. The second-order valence-corrected chi connectivity index (χ2v) is 5.73. The summed E-state index contributed by atoms with van der Waals surface area (Å²) in [5, 5.41) is 2.38. The molecule has 0 fully saturated rings. The molecule has 0 saturated carbocycles. The third kappa shape index (κ3) is 5.55. The van der Waals surface area contributed by atoms with E-state index in [1.807, 2.05) is 6.92 Å². The standard InChI is InChI=1S/C13H16BrF3N2O2/c1-3-6-12(2,18)11(20)19-9-5-4-8(14)7-10(9)21-13(15,16)17/h4-5,7H,3,6,18H2,1-2H3,(H,19,20). The van der Waals surface area contributed by atoms with Crippen molar-refractivity contribution in [3.63, 3.8) is 0 Å². The van der Waals surface area contributed by atoms with Crippen LogP contribution in [0.2, 0.25) is 0 Å². The van der Waals surface area contributed by atoms with Gasteiger partial charge in [-0.1, -0.05) is 29.3 Å². The molecule has 8 heteroatoms. The van der Waals surface area contributed by atoms with E-state index in [2.05, 4.69) is 26.0 Å². The Bertz CT molecular complexity index is 519. The molecule has 21 heavy (non-hydrogen) atoms. The van der Waals surface area contributed by atoms with Crippen LogP contribution < -0.4 is 15.8 Å². The summed E-state index contributed by atoms with van der Waals surface area (Å²) in [7, 11) is 0. The van der Waals surface area contributed by atoms with Crippen LogP contribution in [0.25, 0.3) is 0 Å². The maximum atomic E-state index is 12.4. The van der Waals surface area contributed by atoms with Crippen LogP contribution in [0, 0.1) is 0 Å². The van der Waals surface area contributed by atoms with Gasteiger partial charge in [-0.3, -0.25) is 4.79 Å². The lowest BCUT2D eigenvalue weighted by atomic mass is 9.96. The largest absolute Gasteiger partial charge is 0.573 e. The van der Waals surface area contributed by atoms with Crippen LogP contribution in [0.1, 0.15) is 26.7 Å². The highest BCUT2D eigenvalue weighted by atomic mass is 79.9. The first-order chi connectivity index (χ1) is 9.55. The summed E-state index contributed by atoms with van der Waals surface area (Å²) in [5.74, 6) is -1.07. The Morgan fingerprint density at radius 1 is 1.43 bits per heavy atom. The van der Waals surface area contributed by atoms with Crippen LogP contribution in [0.5, 0.6) is 5.75 Å². The Hall–Kier alpha value is -1.28. The van der Waals surface area contributed by atoms with Crippen LogP contribution in [0.4, 0.5) is 18.9 Å². The topological polar surface area (TPSA) is 64.4 Å². The monoisotopic (exact) mass is 368 g/mol. The first-order valence-corrected chi connectivity index (χ1v) is 7.00. The number of rotatable bonds is 5. The predicted octanol–water partition coefficient (Wildman–Crippen LogP) is 3.80. The molecule has 1 aromatic rings. The van der Waals surface area contributed by atoms with E-state index < -0.39 is 23.6 Å². The number of nitrogens with one attached hydrogen (secondary N) is 1. The average Bonchev–Trinajstić information content (AvgIpc) is 2.30. The molecule has 0 aliphatic rings. The van der Waals surface area contributed by atoms with Gasteiger partial charge in [-0.2, -0.15) is 0 Å². The molecule has 4 nitrogen and oxygen atoms in total. The third-order valence-corrected chi connectivity index (χ3v) is 3.20. The van der Waals surface area contributed by atoms with Crippen molar-refractivity contribution in [2.75, 3.05) is 5.32 Å². The quantitative estimate of drug-likeness (QED) is 0.830. The van der Waals surface area contributed by atoms with Crippen molar-refractivity contribution in [1.82, 2.24) is 0 Å². The van der Waals surface area contributed by atoms with Gasteiger partial charge in [-0.15, -0.1) is 13.2 Å². The fraction of sp³-hybridized carbons (Fsp3) is 0.462. The molecule has 0 radical (unpaired) electrons. The molecule has 1 amide bonds. The summed E-state index contributed by atoms with van der Waals surface area (Å²) in [6.07, 6.45) is -3.77. The molecule has 118 valence electrons. The molecule has 1 atom stereocenters. The second kappa shape index (κ2) is 6.65. The smallest absolute Gasteiger partial charge is 0.404 e.